The number of ether oxygens (including phenoxy) is 2. The van der Waals surface area contributed by atoms with E-state index in [-0.39, 0.29) is 29.9 Å². The van der Waals surface area contributed by atoms with Crippen LogP contribution in [-0.2, 0) is 9.53 Å². The van der Waals surface area contributed by atoms with Crippen molar-refractivity contribution in [1.82, 2.24) is 5.32 Å². The van der Waals surface area contributed by atoms with Gasteiger partial charge in [-0.2, -0.15) is 0 Å². The number of phenols is 1. The van der Waals surface area contributed by atoms with Crippen molar-refractivity contribution < 1.29 is 24.2 Å². The van der Waals surface area contributed by atoms with Crippen molar-refractivity contribution in [1.29, 1.82) is 0 Å². The van der Waals surface area contributed by atoms with E-state index < -0.39 is 5.97 Å². The second-order valence-electron chi connectivity index (χ2n) is 5.21. The van der Waals surface area contributed by atoms with Crippen molar-refractivity contribution in [2.24, 2.45) is 0 Å². The van der Waals surface area contributed by atoms with Crippen molar-refractivity contribution in [2.45, 2.75) is 26.9 Å². The van der Waals surface area contributed by atoms with Crippen molar-refractivity contribution in [2.75, 3.05) is 13.7 Å². The van der Waals surface area contributed by atoms with Gasteiger partial charge in [0.25, 0.3) is 0 Å². The first kappa shape index (κ1) is 19.3. The molecule has 0 unspecified atom stereocenters. The molecule has 0 atom stereocenters. The Kier molecular flexibility index (Phi) is 7.55. The normalized spacial score (nSPS) is 11.2. The summed E-state index contributed by atoms with van der Waals surface area (Å²) >= 11 is 0. The SMILES string of the molecule is C/C=C/C(=O)NC/C=C/c1cc(OC)cc(O)c1C(=O)OC(C)C. The standard InChI is InChI=1S/C18H23NO5/c1-5-7-16(21)19-9-6-8-13-10-14(23-4)11-15(20)17(13)18(22)24-12(2)3/h5-8,10-12,20H,9H2,1-4H3,(H,19,21)/b7-5+,8-6+. The van der Waals surface area contributed by atoms with Crippen LogP contribution >= 0.6 is 0 Å². The first-order valence-corrected chi connectivity index (χ1v) is 7.58. The summed E-state index contributed by atoms with van der Waals surface area (Å²) in [6.45, 7) is 5.48. The highest BCUT2D eigenvalue weighted by Crippen LogP contribution is 2.29. The van der Waals surface area contributed by atoms with Crippen molar-refractivity contribution in [3.63, 3.8) is 0 Å². The van der Waals surface area contributed by atoms with E-state index in [2.05, 4.69) is 5.32 Å². The monoisotopic (exact) mass is 333 g/mol. The minimum atomic E-state index is -0.622. The molecule has 0 spiro atoms. The molecular formula is C18H23NO5. The second-order valence-corrected chi connectivity index (χ2v) is 5.21. The van der Waals surface area contributed by atoms with Crippen molar-refractivity contribution in [3.8, 4) is 11.5 Å². The summed E-state index contributed by atoms with van der Waals surface area (Å²) in [5.41, 5.74) is 0.498. The van der Waals surface area contributed by atoms with E-state index in [4.69, 9.17) is 9.47 Å². The Bertz CT molecular complexity index is 647. The van der Waals surface area contributed by atoms with Crippen molar-refractivity contribution >= 4 is 18.0 Å². The number of esters is 1. The zero-order valence-electron chi connectivity index (χ0n) is 14.3. The van der Waals surface area contributed by atoms with Gasteiger partial charge in [0.2, 0.25) is 5.91 Å². The molecule has 0 aromatic heterocycles. The average molecular weight is 333 g/mol. The molecule has 24 heavy (non-hydrogen) atoms. The Morgan fingerprint density at radius 3 is 2.62 bits per heavy atom. The smallest absolute Gasteiger partial charge is 0.342 e. The fourth-order valence-corrected chi connectivity index (χ4v) is 1.92. The maximum Gasteiger partial charge on any atom is 0.342 e. The molecule has 0 bridgehead atoms. The summed E-state index contributed by atoms with van der Waals surface area (Å²) in [5.74, 6) is -0.651. The number of methoxy groups -OCH3 is 1. The Morgan fingerprint density at radius 2 is 2.04 bits per heavy atom. The molecule has 130 valence electrons. The van der Waals surface area contributed by atoms with Crippen LogP contribution in [0, 0.1) is 0 Å². The van der Waals surface area contributed by atoms with Gasteiger partial charge in [-0.25, -0.2) is 4.79 Å². The van der Waals surface area contributed by atoms with Gasteiger partial charge >= 0.3 is 5.97 Å². The number of hydrogen-bond acceptors (Lipinski definition) is 5. The van der Waals surface area contributed by atoms with Gasteiger partial charge in [0, 0.05) is 12.6 Å². The number of carbonyl (C=O) groups excluding carboxylic acids is 2. The van der Waals surface area contributed by atoms with Gasteiger partial charge in [-0.15, -0.1) is 0 Å². The molecule has 1 rings (SSSR count). The van der Waals surface area contributed by atoms with E-state index in [0.29, 0.717) is 11.3 Å². The van der Waals surface area contributed by atoms with E-state index in [1.807, 2.05) is 0 Å². The number of benzene rings is 1. The third-order valence-electron chi connectivity index (χ3n) is 2.91. The lowest BCUT2D eigenvalue weighted by Crippen LogP contribution is -2.20. The number of allylic oxidation sites excluding steroid dienone is 1. The zero-order valence-corrected chi connectivity index (χ0v) is 14.3. The van der Waals surface area contributed by atoms with Crippen LogP contribution in [0.1, 0.15) is 36.7 Å². The van der Waals surface area contributed by atoms with E-state index in [1.54, 1.807) is 45.1 Å². The number of carbonyl (C=O) groups is 2. The van der Waals surface area contributed by atoms with Crippen LogP contribution in [-0.4, -0.2) is 36.7 Å². The third-order valence-corrected chi connectivity index (χ3v) is 2.91. The Labute approximate surface area is 141 Å². The van der Waals surface area contributed by atoms with E-state index in [1.165, 1.54) is 19.3 Å². The summed E-state index contributed by atoms with van der Waals surface area (Å²) in [7, 11) is 1.46. The lowest BCUT2D eigenvalue weighted by Gasteiger charge is -2.13. The van der Waals surface area contributed by atoms with Crippen molar-refractivity contribution in [3.05, 3.63) is 41.5 Å². The lowest BCUT2D eigenvalue weighted by molar-refractivity contribution is -0.116. The molecule has 0 radical (unpaired) electrons. The number of aromatic hydroxyl groups is 1. The van der Waals surface area contributed by atoms with E-state index in [9.17, 15) is 14.7 Å². The first-order chi connectivity index (χ1) is 11.4. The first-order valence-electron chi connectivity index (χ1n) is 7.58. The summed E-state index contributed by atoms with van der Waals surface area (Å²) in [5, 5.41) is 12.8. The summed E-state index contributed by atoms with van der Waals surface area (Å²) < 4.78 is 10.3. The topological polar surface area (TPSA) is 84.9 Å². The molecule has 6 nitrogen and oxygen atoms in total. The van der Waals surface area contributed by atoms with E-state index in [0.717, 1.165) is 0 Å². The molecule has 1 aromatic carbocycles. The average Bonchev–Trinajstić information content (AvgIpc) is 2.50. The largest absolute Gasteiger partial charge is 0.507 e. The number of amides is 1. The Morgan fingerprint density at radius 1 is 1.33 bits per heavy atom. The summed E-state index contributed by atoms with van der Waals surface area (Å²) in [6, 6.07) is 2.96. The highest BCUT2D eigenvalue weighted by molar-refractivity contribution is 5.97. The molecule has 0 saturated heterocycles. The van der Waals surface area contributed by atoms with Gasteiger partial charge in [0.15, 0.2) is 0 Å². The lowest BCUT2D eigenvalue weighted by atomic mass is 10.0. The highest BCUT2D eigenvalue weighted by atomic mass is 16.5. The molecule has 0 aliphatic carbocycles. The number of hydrogen-bond donors (Lipinski definition) is 2. The van der Waals surface area contributed by atoms with Gasteiger partial charge in [-0.3, -0.25) is 4.79 Å². The molecule has 0 aliphatic rings. The number of rotatable bonds is 7. The fourth-order valence-electron chi connectivity index (χ4n) is 1.92. The molecular weight excluding hydrogens is 310 g/mol. The van der Waals surface area contributed by atoms with Crippen LogP contribution in [0.2, 0.25) is 0 Å². The van der Waals surface area contributed by atoms with Gasteiger partial charge in [0.1, 0.15) is 17.1 Å². The minimum absolute atomic E-state index is 0.0560. The van der Waals surface area contributed by atoms with Crippen LogP contribution < -0.4 is 10.1 Å². The Balaban J connectivity index is 3.03. The molecule has 1 amide bonds. The number of phenolic OH excluding ortho intramolecular Hbond substituents is 1. The van der Waals surface area contributed by atoms with Crippen LogP contribution in [0.4, 0.5) is 0 Å². The fraction of sp³-hybridized carbons (Fsp3) is 0.333. The molecule has 6 heteroatoms. The minimum Gasteiger partial charge on any atom is -0.507 e. The predicted molar refractivity (Wildman–Crippen MR) is 92.1 cm³/mol. The maximum atomic E-state index is 12.2. The van der Waals surface area contributed by atoms with Gasteiger partial charge in [0.05, 0.1) is 13.2 Å². The molecule has 2 N–H and O–H groups in total. The summed E-state index contributed by atoms with van der Waals surface area (Å²) in [6.07, 6.45) is 6.03. The maximum absolute atomic E-state index is 12.2. The van der Waals surface area contributed by atoms with Gasteiger partial charge in [-0.1, -0.05) is 18.2 Å². The van der Waals surface area contributed by atoms with E-state index >= 15 is 0 Å². The third kappa shape index (κ3) is 5.79. The van der Waals surface area contributed by atoms with Crippen LogP contribution in [0.5, 0.6) is 11.5 Å². The van der Waals surface area contributed by atoms with Crippen LogP contribution in [0.3, 0.4) is 0 Å². The molecule has 0 aliphatic heterocycles. The molecule has 0 heterocycles. The van der Waals surface area contributed by atoms with Crippen LogP contribution in [0.15, 0.2) is 30.4 Å². The highest BCUT2D eigenvalue weighted by Gasteiger charge is 2.19. The summed E-state index contributed by atoms with van der Waals surface area (Å²) in [4.78, 5) is 23.5. The molecule has 0 fully saturated rings. The molecule has 0 saturated carbocycles. The van der Waals surface area contributed by atoms with Gasteiger partial charge in [-0.05, 0) is 38.5 Å². The second kappa shape index (κ2) is 9.39. The van der Waals surface area contributed by atoms with Crippen LogP contribution in [0.25, 0.3) is 6.08 Å². The number of nitrogens with one attached hydrogen (secondary N) is 1. The predicted octanol–water partition coefficient (Wildman–Crippen LogP) is 2.67. The Hall–Kier alpha value is -2.76. The molecule has 1 aromatic rings. The quantitative estimate of drug-likeness (QED) is 0.592. The zero-order chi connectivity index (χ0) is 18.1. The van der Waals surface area contributed by atoms with Gasteiger partial charge < -0.3 is 19.9 Å².